The van der Waals surface area contributed by atoms with Crippen LogP contribution in [0, 0.1) is 0 Å². The Hall–Kier alpha value is -2.09. The van der Waals surface area contributed by atoms with E-state index in [1.807, 2.05) is 0 Å². The van der Waals surface area contributed by atoms with Crippen molar-refractivity contribution >= 4 is 35.2 Å². The van der Waals surface area contributed by atoms with Crippen molar-refractivity contribution in [2.45, 2.75) is 0 Å². The lowest BCUT2D eigenvalue weighted by Gasteiger charge is -2.21. The Bertz CT molecular complexity index is 465. The van der Waals surface area contributed by atoms with E-state index in [1.54, 1.807) is 0 Å². The normalized spacial score (nSPS) is 9.84. The molecule has 0 unspecified atom stereocenters. The van der Waals surface area contributed by atoms with Gasteiger partial charge in [-0.05, 0) is 0 Å². The number of methoxy groups -OCH3 is 2. The molecule has 104 valence electrons. The third kappa shape index (κ3) is 3.95. The van der Waals surface area contributed by atoms with E-state index >= 15 is 0 Å². The number of nitrogens with zero attached hydrogens (tertiary/aromatic N) is 3. The van der Waals surface area contributed by atoms with Crippen molar-refractivity contribution < 1.29 is 19.1 Å². The van der Waals surface area contributed by atoms with Gasteiger partial charge in [-0.2, -0.15) is 0 Å². The monoisotopic (exact) mass is 288 g/mol. The van der Waals surface area contributed by atoms with Crippen molar-refractivity contribution in [1.82, 2.24) is 9.97 Å². The zero-order valence-electron chi connectivity index (χ0n) is 10.4. The quantitative estimate of drug-likeness (QED) is 0.746. The van der Waals surface area contributed by atoms with Crippen LogP contribution in [0.4, 0.5) is 11.6 Å². The lowest BCUT2D eigenvalue weighted by atomic mass is 10.4. The zero-order valence-corrected chi connectivity index (χ0v) is 11.2. The summed E-state index contributed by atoms with van der Waals surface area (Å²) in [6, 6.07) is 0. The number of rotatable bonds is 5. The van der Waals surface area contributed by atoms with Crippen LogP contribution in [0.3, 0.4) is 0 Å². The fraction of sp³-hybridized carbons (Fsp3) is 0.400. The van der Waals surface area contributed by atoms with E-state index in [2.05, 4.69) is 19.4 Å². The fourth-order valence-corrected chi connectivity index (χ4v) is 1.46. The Morgan fingerprint density at radius 1 is 1.26 bits per heavy atom. The van der Waals surface area contributed by atoms with Gasteiger partial charge in [0.25, 0.3) is 0 Å². The van der Waals surface area contributed by atoms with Crippen molar-refractivity contribution in [2.75, 3.05) is 37.9 Å². The molecule has 0 saturated carbocycles. The van der Waals surface area contributed by atoms with Gasteiger partial charge in [0.2, 0.25) is 0 Å². The van der Waals surface area contributed by atoms with Gasteiger partial charge in [-0.25, -0.2) is 9.97 Å². The van der Waals surface area contributed by atoms with Crippen molar-refractivity contribution in [3.05, 3.63) is 11.3 Å². The van der Waals surface area contributed by atoms with Gasteiger partial charge in [-0.3, -0.25) is 9.59 Å². The Morgan fingerprint density at radius 2 is 1.79 bits per heavy atom. The molecule has 0 radical (unpaired) electrons. The molecule has 1 aromatic heterocycles. The molecule has 0 spiro atoms. The van der Waals surface area contributed by atoms with E-state index in [0.717, 1.165) is 0 Å². The summed E-state index contributed by atoms with van der Waals surface area (Å²) in [7, 11) is 2.46. The van der Waals surface area contributed by atoms with Crippen LogP contribution in [0.1, 0.15) is 0 Å². The van der Waals surface area contributed by atoms with Crippen LogP contribution in [-0.4, -0.2) is 49.2 Å². The average molecular weight is 289 g/mol. The van der Waals surface area contributed by atoms with Crippen LogP contribution in [0.2, 0.25) is 5.02 Å². The second-order valence-corrected chi connectivity index (χ2v) is 3.78. The minimum atomic E-state index is -0.558. The number of esters is 2. The Balaban J connectivity index is 3.04. The predicted octanol–water partition coefficient (Wildman–Crippen LogP) is -0.135. The highest BCUT2D eigenvalue weighted by atomic mass is 35.5. The molecule has 0 aliphatic heterocycles. The molecule has 9 heteroatoms. The molecule has 1 aromatic rings. The van der Waals surface area contributed by atoms with Gasteiger partial charge in [-0.1, -0.05) is 11.6 Å². The lowest BCUT2D eigenvalue weighted by Crippen LogP contribution is -2.36. The number of ether oxygens (including phenoxy) is 2. The number of halogens is 1. The second kappa shape index (κ2) is 6.74. The third-order valence-electron chi connectivity index (χ3n) is 2.19. The van der Waals surface area contributed by atoms with Crippen molar-refractivity contribution in [3.63, 3.8) is 0 Å². The highest BCUT2D eigenvalue weighted by Gasteiger charge is 2.21. The Kier molecular flexibility index (Phi) is 5.31. The second-order valence-electron chi connectivity index (χ2n) is 3.40. The molecule has 0 aliphatic rings. The van der Waals surface area contributed by atoms with Crippen LogP contribution in [0.15, 0.2) is 6.33 Å². The number of nitrogen functional groups attached to an aromatic ring is 1. The smallest absolute Gasteiger partial charge is 0.325 e. The van der Waals surface area contributed by atoms with Gasteiger partial charge in [0, 0.05) is 0 Å². The van der Waals surface area contributed by atoms with Gasteiger partial charge in [0.1, 0.15) is 30.3 Å². The summed E-state index contributed by atoms with van der Waals surface area (Å²) < 4.78 is 9.07. The number of aromatic nitrogens is 2. The van der Waals surface area contributed by atoms with E-state index in [-0.39, 0.29) is 29.7 Å². The topological polar surface area (TPSA) is 108 Å². The molecule has 0 atom stereocenters. The molecular formula is C10H13ClN4O4. The molecule has 1 rings (SSSR count). The van der Waals surface area contributed by atoms with E-state index in [1.165, 1.54) is 25.4 Å². The van der Waals surface area contributed by atoms with Gasteiger partial charge < -0.3 is 20.1 Å². The summed E-state index contributed by atoms with van der Waals surface area (Å²) in [5, 5.41) is 0.0512. The van der Waals surface area contributed by atoms with E-state index in [4.69, 9.17) is 17.3 Å². The molecule has 2 N–H and O–H groups in total. The van der Waals surface area contributed by atoms with Crippen molar-refractivity contribution in [2.24, 2.45) is 0 Å². The molecule has 8 nitrogen and oxygen atoms in total. The highest BCUT2D eigenvalue weighted by Crippen LogP contribution is 2.26. The number of hydrogen-bond donors (Lipinski definition) is 1. The van der Waals surface area contributed by atoms with Gasteiger partial charge in [0.05, 0.1) is 14.2 Å². The van der Waals surface area contributed by atoms with E-state index < -0.39 is 11.9 Å². The van der Waals surface area contributed by atoms with Gasteiger partial charge in [-0.15, -0.1) is 0 Å². The maximum atomic E-state index is 11.3. The number of hydrogen-bond acceptors (Lipinski definition) is 8. The average Bonchev–Trinajstić information content (AvgIpc) is 2.40. The Morgan fingerprint density at radius 3 is 2.26 bits per heavy atom. The summed E-state index contributed by atoms with van der Waals surface area (Å²) in [6.07, 6.45) is 1.18. The fourth-order valence-electron chi connectivity index (χ4n) is 1.24. The van der Waals surface area contributed by atoms with Crippen LogP contribution in [0.5, 0.6) is 0 Å². The lowest BCUT2D eigenvalue weighted by molar-refractivity contribution is -0.140. The molecule has 19 heavy (non-hydrogen) atoms. The maximum Gasteiger partial charge on any atom is 0.325 e. The molecule has 0 fully saturated rings. The van der Waals surface area contributed by atoms with Gasteiger partial charge >= 0.3 is 11.9 Å². The van der Waals surface area contributed by atoms with Crippen molar-refractivity contribution in [1.29, 1.82) is 0 Å². The van der Waals surface area contributed by atoms with Gasteiger partial charge in [0.15, 0.2) is 5.82 Å². The first-order chi connectivity index (χ1) is 8.99. The minimum Gasteiger partial charge on any atom is -0.468 e. The first-order valence-electron chi connectivity index (χ1n) is 5.14. The SMILES string of the molecule is COC(=O)CN(CC(=O)OC)c1ncnc(N)c1Cl. The molecule has 0 bridgehead atoms. The maximum absolute atomic E-state index is 11.3. The largest absolute Gasteiger partial charge is 0.468 e. The molecule has 0 amide bonds. The highest BCUT2D eigenvalue weighted by molar-refractivity contribution is 6.35. The number of anilines is 2. The molecule has 0 aliphatic carbocycles. The summed E-state index contributed by atoms with van der Waals surface area (Å²) >= 11 is 5.95. The van der Waals surface area contributed by atoms with Crippen molar-refractivity contribution in [3.8, 4) is 0 Å². The van der Waals surface area contributed by atoms with E-state index in [9.17, 15) is 9.59 Å². The molecular weight excluding hydrogens is 276 g/mol. The first-order valence-corrected chi connectivity index (χ1v) is 5.52. The Labute approximate surface area is 114 Å². The summed E-state index contributed by atoms with van der Waals surface area (Å²) in [4.78, 5) is 31.5. The van der Waals surface area contributed by atoms with Crippen LogP contribution in [-0.2, 0) is 19.1 Å². The minimum absolute atomic E-state index is 0.0476. The first kappa shape index (κ1) is 15.0. The standard InChI is InChI=1S/C10H13ClN4O4/c1-18-6(16)3-15(4-7(17)19-2)10-8(11)9(12)13-5-14-10/h5H,3-4H2,1-2H3,(H2,12,13,14). The predicted molar refractivity (Wildman–Crippen MR) is 67.7 cm³/mol. The summed E-state index contributed by atoms with van der Waals surface area (Å²) in [5.41, 5.74) is 5.54. The summed E-state index contributed by atoms with van der Waals surface area (Å²) in [6.45, 7) is -0.441. The van der Waals surface area contributed by atoms with Crippen LogP contribution < -0.4 is 10.6 Å². The van der Waals surface area contributed by atoms with Crippen LogP contribution in [0.25, 0.3) is 0 Å². The molecule has 1 heterocycles. The molecule has 0 aromatic carbocycles. The number of nitrogens with two attached hydrogens (primary N) is 1. The molecule has 0 saturated heterocycles. The number of carbonyl (C=O) groups excluding carboxylic acids is 2. The number of carbonyl (C=O) groups is 2. The summed E-state index contributed by atoms with van der Waals surface area (Å²) in [5.74, 6) is -0.911. The third-order valence-corrected chi connectivity index (χ3v) is 2.56. The van der Waals surface area contributed by atoms with Crippen LogP contribution >= 0.6 is 11.6 Å². The van der Waals surface area contributed by atoms with E-state index in [0.29, 0.717) is 0 Å². The zero-order chi connectivity index (χ0) is 14.4.